The van der Waals surface area contributed by atoms with Crippen molar-refractivity contribution in [2.75, 3.05) is 19.3 Å². The van der Waals surface area contributed by atoms with Gasteiger partial charge in [-0.2, -0.15) is 0 Å². The molecule has 0 spiro atoms. The Kier molecular flexibility index (Phi) is 7.80. The number of nitrogens with zero attached hydrogens (tertiary/aromatic N) is 2. The first-order chi connectivity index (χ1) is 17.1. The molecule has 36 heavy (non-hydrogen) atoms. The normalized spacial score (nSPS) is 12.3. The molecule has 0 saturated heterocycles. The van der Waals surface area contributed by atoms with Gasteiger partial charge in [0.05, 0.1) is 16.3 Å². The number of nitrogens with two attached hydrogens (primary N) is 1. The number of carbonyl (C=O) groups excluding carboxylic acids is 1. The van der Waals surface area contributed by atoms with E-state index in [1.54, 1.807) is 30.5 Å². The van der Waals surface area contributed by atoms with E-state index in [0.717, 1.165) is 27.1 Å². The fourth-order valence-corrected chi connectivity index (χ4v) is 5.74. The van der Waals surface area contributed by atoms with Crippen molar-refractivity contribution in [2.24, 2.45) is 7.05 Å². The van der Waals surface area contributed by atoms with E-state index in [0.29, 0.717) is 35.0 Å². The summed E-state index contributed by atoms with van der Waals surface area (Å²) in [4.78, 5) is 29.2. The highest BCUT2D eigenvalue weighted by molar-refractivity contribution is 7.19. The van der Waals surface area contributed by atoms with Crippen LogP contribution in [-0.4, -0.2) is 34.1 Å². The summed E-state index contributed by atoms with van der Waals surface area (Å²) in [5, 5.41) is 14.1. The quantitative estimate of drug-likeness (QED) is 0.299. The number of hydrogen-bond donors (Lipinski definition) is 3. The van der Waals surface area contributed by atoms with Gasteiger partial charge < -0.3 is 20.7 Å². The molecule has 1 amide bonds. The van der Waals surface area contributed by atoms with Crippen LogP contribution in [0.2, 0.25) is 5.02 Å². The van der Waals surface area contributed by atoms with Crippen LogP contribution < -0.4 is 16.5 Å². The van der Waals surface area contributed by atoms with Gasteiger partial charge in [-0.3, -0.25) is 14.5 Å². The number of benzene rings is 2. The minimum atomic E-state index is -0.685. The number of aryl methyl sites for hydroxylation is 2. The maximum absolute atomic E-state index is 13.3. The molecule has 4 aromatic rings. The smallest absolute Gasteiger partial charge is 0.257 e. The molecule has 1 unspecified atom stereocenters. The Morgan fingerprint density at radius 1 is 1.25 bits per heavy atom. The van der Waals surface area contributed by atoms with Crippen LogP contribution in [0.1, 0.15) is 38.0 Å². The number of anilines is 1. The van der Waals surface area contributed by atoms with Gasteiger partial charge >= 0.3 is 0 Å². The van der Waals surface area contributed by atoms with Crippen molar-refractivity contribution in [1.29, 1.82) is 0 Å². The first-order valence-electron chi connectivity index (χ1n) is 11.5. The number of nitrogen functional groups attached to an aromatic ring is 1. The Morgan fingerprint density at radius 2 is 1.97 bits per heavy atom. The highest BCUT2D eigenvalue weighted by Crippen LogP contribution is 2.30. The van der Waals surface area contributed by atoms with Crippen molar-refractivity contribution in [1.82, 2.24) is 14.8 Å². The van der Waals surface area contributed by atoms with Crippen LogP contribution in [0.3, 0.4) is 0 Å². The number of pyridine rings is 1. The number of aliphatic hydroxyl groups excluding tert-OH is 1. The Balaban J connectivity index is 1.52. The molecule has 2 aromatic heterocycles. The van der Waals surface area contributed by atoms with E-state index >= 15 is 0 Å². The topological polar surface area (TPSA) is 101 Å². The Morgan fingerprint density at radius 3 is 2.67 bits per heavy atom. The summed E-state index contributed by atoms with van der Waals surface area (Å²) in [6, 6.07) is 14.4. The van der Waals surface area contributed by atoms with Gasteiger partial charge in [0.15, 0.2) is 0 Å². The van der Waals surface area contributed by atoms with Gasteiger partial charge in [0.2, 0.25) is 5.43 Å². The van der Waals surface area contributed by atoms with Gasteiger partial charge in [-0.05, 0) is 54.9 Å². The van der Waals surface area contributed by atoms with Crippen LogP contribution in [0.5, 0.6) is 0 Å². The first-order valence-corrected chi connectivity index (χ1v) is 12.7. The molecular weight excluding hydrogens is 496 g/mol. The second-order valence-corrected chi connectivity index (χ2v) is 10.5. The van der Waals surface area contributed by atoms with Crippen molar-refractivity contribution in [3.05, 3.63) is 97.1 Å². The fourth-order valence-electron chi connectivity index (χ4n) is 4.24. The third kappa shape index (κ3) is 5.63. The van der Waals surface area contributed by atoms with Gasteiger partial charge in [0.1, 0.15) is 5.56 Å². The maximum Gasteiger partial charge on any atom is 0.257 e. The highest BCUT2D eigenvalue weighted by atomic mass is 35.5. The molecular formula is C27H29ClN4O3S. The average Bonchev–Trinajstić information content (AvgIpc) is 3.17. The molecule has 4 N–H and O–H groups in total. The summed E-state index contributed by atoms with van der Waals surface area (Å²) in [6.07, 6.45) is 0.911. The zero-order valence-corrected chi connectivity index (χ0v) is 22.0. The lowest BCUT2D eigenvalue weighted by molar-refractivity contribution is 0.0949. The summed E-state index contributed by atoms with van der Waals surface area (Å²) >= 11 is 7.31. The molecule has 9 heteroatoms. The molecule has 0 radical (unpaired) electrons. The average molecular weight is 525 g/mol. The molecule has 0 fully saturated rings. The summed E-state index contributed by atoms with van der Waals surface area (Å²) < 4.78 is 2.39. The largest absolute Gasteiger partial charge is 0.399 e. The number of hydrogen-bond acceptors (Lipinski definition) is 6. The Labute approximate surface area is 218 Å². The van der Waals surface area contributed by atoms with Crippen molar-refractivity contribution in [2.45, 2.75) is 26.1 Å². The van der Waals surface area contributed by atoms with Gasteiger partial charge in [-0.15, -0.1) is 11.3 Å². The molecule has 188 valence electrons. The second-order valence-electron chi connectivity index (χ2n) is 9.00. The number of aromatic nitrogens is 1. The van der Waals surface area contributed by atoms with E-state index in [2.05, 4.69) is 5.32 Å². The minimum Gasteiger partial charge on any atom is -0.399 e. The predicted octanol–water partition coefficient (Wildman–Crippen LogP) is 4.24. The fraction of sp³-hybridized carbons (Fsp3) is 0.259. The standard InChI is InChI=1S/C27H29ClN4O3S/c1-16-23(15-31(2)14-22(33)18-5-4-6-20(29)11-18)36-26-24(16)32(3)13-21(25(26)34)27(35)30-12-17-7-9-19(28)10-8-17/h4-11,13,22,33H,12,14-15,29H2,1-3H3,(H,30,35). The number of aliphatic hydroxyl groups is 1. The Bertz CT molecular complexity index is 1460. The third-order valence-electron chi connectivity index (χ3n) is 6.14. The van der Waals surface area contributed by atoms with Crippen molar-refractivity contribution in [3.8, 4) is 0 Å². The molecule has 0 aliphatic carbocycles. The number of halogens is 1. The second kappa shape index (κ2) is 10.8. The highest BCUT2D eigenvalue weighted by Gasteiger charge is 2.21. The van der Waals surface area contributed by atoms with Crippen LogP contribution in [0.15, 0.2) is 59.5 Å². The van der Waals surface area contributed by atoms with Crippen LogP contribution in [0.4, 0.5) is 5.69 Å². The van der Waals surface area contributed by atoms with E-state index in [9.17, 15) is 14.7 Å². The van der Waals surface area contributed by atoms with Crippen LogP contribution >= 0.6 is 22.9 Å². The van der Waals surface area contributed by atoms with Gasteiger partial charge in [-0.1, -0.05) is 35.9 Å². The summed E-state index contributed by atoms with van der Waals surface area (Å²) in [5.74, 6) is -0.414. The molecule has 0 bridgehead atoms. The molecule has 0 aliphatic rings. The van der Waals surface area contributed by atoms with E-state index in [4.69, 9.17) is 17.3 Å². The summed E-state index contributed by atoms with van der Waals surface area (Å²) in [5.41, 5.74) is 9.75. The number of rotatable bonds is 8. The lowest BCUT2D eigenvalue weighted by atomic mass is 10.1. The molecule has 1 atom stereocenters. The Hall–Kier alpha value is -3.17. The van der Waals surface area contributed by atoms with Crippen LogP contribution in [-0.2, 0) is 20.1 Å². The van der Waals surface area contributed by atoms with Crippen LogP contribution in [0, 0.1) is 6.92 Å². The van der Waals surface area contributed by atoms with E-state index in [1.807, 2.05) is 54.8 Å². The molecule has 0 aliphatic heterocycles. The number of likely N-dealkylation sites (N-methyl/N-ethyl adjacent to an activating group) is 1. The molecule has 0 saturated carbocycles. The zero-order valence-electron chi connectivity index (χ0n) is 20.4. The monoisotopic (exact) mass is 524 g/mol. The molecule has 2 heterocycles. The van der Waals surface area contributed by atoms with Crippen molar-refractivity contribution in [3.63, 3.8) is 0 Å². The van der Waals surface area contributed by atoms with Crippen molar-refractivity contribution >= 4 is 44.7 Å². The predicted molar refractivity (Wildman–Crippen MR) is 147 cm³/mol. The van der Waals surface area contributed by atoms with Gasteiger partial charge in [-0.25, -0.2) is 0 Å². The zero-order chi connectivity index (χ0) is 26.0. The molecule has 2 aromatic carbocycles. The SMILES string of the molecule is Cc1c(CN(C)CC(O)c2cccc(N)c2)sc2c(=O)c(C(=O)NCc3ccc(Cl)cc3)cn(C)c12. The number of amides is 1. The minimum absolute atomic E-state index is 0.109. The van der Waals surface area contributed by atoms with Crippen LogP contribution in [0.25, 0.3) is 10.2 Å². The van der Waals surface area contributed by atoms with Crippen molar-refractivity contribution < 1.29 is 9.90 Å². The van der Waals surface area contributed by atoms with E-state index in [1.165, 1.54) is 11.3 Å². The third-order valence-corrected chi connectivity index (χ3v) is 7.66. The summed E-state index contributed by atoms with van der Waals surface area (Å²) in [7, 11) is 3.77. The molecule has 7 nitrogen and oxygen atoms in total. The first kappa shape index (κ1) is 25.9. The van der Waals surface area contributed by atoms with Gasteiger partial charge in [0.25, 0.3) is 5.91 Å². The van der Waals surface area contributed by atoms with E-state index in [-0.39, 0.29) is 11.0 Å². The number of carbonyl (C=O) groups is 1. The lowest BCUT2D eigenvalue weighted by Crippen LogP contribution is -2.29. The van der Waals surface area contributed by atoms with E-state index < -0.39 is 12.0 Å². The summed E-state index contributed by atoms with van der Waals surface area (Å²) in [6.45, 7) is 3.25. The maximum atomic E-state index is 13.3. The van der Waals surface area contributed by atoms with Gasteiger partial charge in [0, 0.05) is 48.5 Å². The lowest BCUT2D eigenvalue weighted by Gasteiger charge is -2.20. The number of thiophene rings is 1. The number of fused-ring (bicyclic) bond motifs is 1. The molecule has 4 rings (SSSR count). The number of nitrogens with one attached hydrogen (secondary N) is 1.